The van der Waals surface area contributed by atoms with Gasteiger partial charge in [0.1, 0.15) is 8.24 Å². The van der Waals surface area contributed by atoms with Gasteiger partial charge in [-0.2, -0.15) is 0 Å². The molecule has 5 heteroatoms. The van der Waals surface area contributed by atoms with Crippen LogP contribution in [0.3, 0.4) is 0 Å². The molecule has 0 aromatic carbocycles. The van der Waals surface area contributed by atoms with Crippen LogP contribution in [0.2, 0.25) is 18.1 Å². The van der Waals surface area contributed by atoms with Crippen LogP contribution in [0, 0.1) is 0 Å². The maximum atomic E-state index is 8.80. The van der Waals surface area contributed by atoms with Crippen molar-refractivity contribution < 1.29 is 9.79 Å². The Morgan fingerprint density at radius 3 is 1.64 bits per heavy atom. The maximum absolute atomic E-state index is 8.80. The standard InChI is InChI=1S/C6H18NO2PSi/c1-6(2,3)11(4,5)7-10(8)9/h7-9H,1-5H3. The van der Waals surface area contributed by atoms with Gasteiger partial charge in [0.05, 0.1) is 0 Å². The summed E-state index contributed by atoms with van der Waals surface area (Å²) in [7, 11) is -3.63. The Morgan fingerprint density at radius 1 is 1.18 bits per heavy atom. The van der Waals surface area contributed by atoms with Crippen LogP contribution >= 0.6 is 8.53 Å². The summed E-state index contributed by atoms with van der Waals surface area (Å²) in [4.78, 5) is 17.6. The van der Waals surface area contributed by atoms with E-state index in [1.165, 1.54) is 0 Å². The van der Waals surface area contributed by atoms with Gasteiger partial charge < -0.3 is 9.79 Å². The first-order valence-electron chi connectivity index (χ1n) is 3.62. The summed E-state index contributed by atoms with van der Waals surface area (Å²) >= 11 is 0. The first kappa shape index (κ1) is 11.5. The quantitative estimate of drug-likeness (QED) is 0.465. The fourth-order valence-electron chi connectivity index (χ4n) is 0.418. The molecule has 0 aromatic rings. The lowest BCUT2D eigenvalue weighted by Crippen LogP contribution is -2.49. The Kier molecular flexibility index (Phi) is 3.67. The number of rotatable bonds is 2. The molecule has 0 saturated heterocycles. The zero-order valence-electron chi connectivity index (χ0n) is 7.84. The Bertz CT molecular complexity index is 133. The molecule has 0 aromatic heterocycles. The van der Waals surface area contributed by atoms with Gasteiger partial charge in [-0.1, -0.05) is 33.9 Å². The van der Waals surface area contributed by atoms with Crippen LogP contribution in [-0.4, -0.2) is 18.0 Å². The Hall–Kier alpha value is 0.527. The van der Waals surface area contributed by atoms with Crippen LogP contribution in [0.15, 0.2) is 0 Å². The monoisotopic (exact) mass is 195 g/mol. The second kappa shape index (κ2) is 3.50. The fraction of sp³-hybridized carbons (Fsp3) is 1.00. The summed E-state index contributed by atoms with van der Waals surface area (Å²) in [6.45, 7) is 10.5. The molecule has 68 valence electrons. The minimum atomic E-state index is -1.94. The average molecular weight is 195 g/mol. The average Bonchev–Trinajstić information content (AvgIpc) is 1.56. The molecule has 0 aliphatic rings. The van der Waals surface area contributed by atoms with E-state index in [4.69, 9.17) is 9.79 Å². The molecule has 11 heavy (non-hydrogen) atoms. The third-order valence-electron chi connectivity index (χ3n) is 2.25. The van der Waals surface area contributed by atoms with Crippen molar-refractivity contribution in [1.82, 2.24) is 4.75 Å². The van der Waals surface area contributed by atoms with E-state index in [0.717, 1.165) is 0 Å². The third kappa shape index (κ3) is 3.63. The first-order valence-corrected chi connectivity index (χ1v) is 7.87. The lowest BCUT2D eigenvalue weighted by atomic mass is 10.2. The van der Waals surface area contributed by atoms with Crippen molar-refractivity contribution in [1.29, 1.82) is 0 Å². The van der Waals surface area contributed by atoms with Crippen molar-refractivity contribution in [3.05, 3.63) is 0 Å². The zero-order chi connectivity index (χ0) is 9.28. The van der Waals surface area contributed by atoms with Crippen molar-refractivity contribution in [2.24, 2.45) is 0 Å². The van der Waals surface area contributed by atoms with E-state index < -0.39 is 16.8 Å². The predicted octanol–water partition coefficient (Wildman–Crippen LogP) is 1.79. The maximum Gasteiger partial charge on any atom is 0.243 e. The molecule has 0 amide bonds. The number of hydrogen-bond acceptors (Lipinski definition) is 3. The molecule has 0 spiro atoms. The molecule has 3 N–H and O–H groups in total. The summed E-state index contributed by atoms with van der Waals surface area (Å²) in [5.41, 5.74) is 0. The molecule has 0 radical (unpaired) electrons. The van der Waals surface area contributed by atoms with E-state index in [-0.39, 0.29) is 5.04 Å². The van der Waals surface area contributed by atoms with Gasteiger partial charge in [0.25, 0.3) is 0 Å². The number of hydrogen-bond donors (Lipinski definition) is 3. The second-order valence-corrected chi connectivity index (χ2v) is 10.5. The Labute approximate surface area is 70.9 Å². The number of nitrogens with one attached hydrogen (secondary N) is 1. The van der Waals surface area contributed by atoms with Gasteiger partial charge in [-0.25, -0.2) is 0 Å². The molecule has 0 saturated carbocycles. The molecule has 0 fully saturated rings. The normalized spacial score (nSPS) is 14.2. The minimum Gasteiger partial charge on any atom is -0.338 e. The van der Waals surface area contributed by atoms with Crippen molar-refractivity contribution in [2.45, 2.75) is 38.9 Å². The lowest BCUT2D eigenvalue weighted by molar-refractivity contribution is 0.475. The summed E-state index contributed by atoms with van der Waals surface area (Å²) < 4.78 is 2.87. The zero-order valence-corrected chi connectivity index (χ0v) is 9.74. The van der Waals surface area contributed by atoms with Crippen molar-refractivity contribution in [2.75, 3.05) is 0 Å². The molecule has 0 unspecified atom stereocenters. The van der Waals surface area contributed by atoms with Gasteiger partial charge in [-0.3, -0.25) is 4.75 Å². The summed E-state index contributed by atoms with van der Waals surface area (Å²) in [6.07, 6.45) is 0. The van der Waals surface area contributed by atoms with E-state index in [2.05, 4.69) is 38.6 Å². The topological polar surface area (TPSA) is 52.5 Å². The summed E-state index contributed by atoms with van der Waals surface area (Å²) in [5.74, 6) is 0. The fourth-order valence-corrected chi connectivity index (χ4v) is 3.76. The van der Waals surface area contributed by atoms with E-state index >= 15 is 0 Å². The van der Waals surface area contributed by atoms with Gasteiger partial charge >= 0.3 is 0 Å². The van der Waals surface area contributed by atoms with Crippen LogP contribution in [-0.2, 0) is 0 Å². The second-order valence-electron chi connectivity index (χ2n) is 4.28. The van der Waals surface area contributed by atoms with Crippen LogP contribution in [0.4, 0.5) is 0 Å². The molecule has 0 heterocycles. The minimum absolute atomic E-state index is 0.152. The summed E-state index contributed by atoms with van der Waals surface area (Å²) in [6, 6.07) is 0. The van der Waals surface area contributed by atoms with Crippen molar-refractivity contribution in [3.63, 3.8) is 0 Å². The highest BCUT2D eigenvalue weighted by Crippen LogP contribution is 2.37. The Balaban J connectivity index is 4.22. The van der Waals surface area contributed by atoms with E-state index in [0.29, 0.717) is 0 Å². The molecule has 0 aliphatic heterocycles. The molecule has 0 bridgehead atoms. The molecule has 0 atom stereocenters. The lowest BCUT2D eigenvalue weighted by Gasteiger charge is -2.37. The van der Waals surface area contributed by atoms with Crippen LogP contribution in [0.25, 0.3) is 0 Å². The first-order chi connectivity index (χ1) is 4.67. The van der Waals surface area contributed by atoms with Crippen LogP contribution in [0.5, 0.6) is 0 Å². The predicted molar refractivity (Wildman–Crippen MR) is 51.7 cm³/mol. The highest BCUT2D eigenvalue weighted by atomic mass is 31.2. The third-order valence-corrected chi connectivity index (χ3v) is 9.04. The van der Waals surface area contributed by atoms with Gasteiger partial charge in [-0.05, 0) is 5.04 Å². The van der Waals surface area contributed by atoms with Crippen LogP contribution in [0.1, 0.15) is 20.8 Å². The highest BCUT2D eigenvalue weighted by molar-refractivity contribution is 7.45. The summed E-state index contributed by atoms with van der Waals surface area (Å²) in [5, 5.41) is 0.152. The van der Waals surface area contributed by atoms with Gasteiger partial charge in [0, 0.05) is 0 Å². The van der Waals surface area contributed by atoms with Gasteiger partial charge in [-0.15, -0.1) is 0 Å². The SMILES string of the molecule is CC(C)(C)[Si](C)(C)NP(O)O. The molecule has 3 nitrogen and oxygen atoms in total. The molecule has 0 rings (SSSR count). The van der Waals surface area contributed by atoms with E-state index in [9.17, 15) is 0 Å². The highest BCUT2D eigenvalue weighted by Gasteiger charge is 2.36. The van der Waals surface area contributed by atoms with Gasteiger partial charge in [0.15, 0.2) is 0 Å². The molecular weight excluding hydrogens is 177 g/mol. The molecular formula is C6H18NO2PSi. The molecule has 0 aliphatic carbocycles. The van der Waals surface area contributed by atoms with Gasteiger partial charge in [0.2, 0.25) is 8.53 Å². The van der Waals surface area contributed by atoms with E-state index in [1.54, 1.807) is 0 Å². The smallest absolute Gasteiger partial charge is 0.243 e. The van der Waals surface area contributed by atoms with E-state index in [1.807, 2.05) is 0 Å². The largest absolute Gasteiger partial charge is 0.338 e. The van der Waals surface area contributed by atoms with Crippen molar-refractivity contribution in [3.8, 4) is 0 Å². The van der Waals surface area contributed by atoms with Crippen LogP contribution < -0.4 is 4.75 Å². The van der Waals surface area contributed by atoms with Crippen molar-refractivity contribution >= 4 is 16.8 Å². The Morgan fingerprint density at radius 2 is 1.55 bits per heavy atom.